The van der Waals surface area contributed by atoms with Gasteiger partial charge in [0.05, 0.1) is 11.8 Å². The van der Waals surface area contributed by atoms with Crippen molar-refractivity contribution in [3.63, 3.8) is 0 Å². The summed E-state index contributed by atoms with van der Waals surface area (Å²) in [5, 5.41) is 0. The summed E-state index contributed by atoms with van der Waals surface area (Å²) in [5.74, 6) is 0.117. The van der Waals surface area contributed by atoms with Crippen LogP contribution in [0.2, 0.25) is 0 Å². The van der Waals surface area contributed by atoms with Crippen molar-refractivity contribution >= 4 is 5.78 Å². The van der Waals surface area contributed by atoms with Gasteiger partial charge in [0.15, 0.2) is 5.78 Å². The molecule has 38 valence electrons. The third-order valence-electron chi connectivity index (χ3n) is 0.917. The molecular weight excluding hydrogens is 92.1 g/mol. The second-order valence-corrected chi connectivity index (χ2v) is 1.51. The number of Topliss-reactive ketones (excluding diaryl/α,β-unsaturated/α-hetero) is 1. The van der Waals surface area contributed by atoms with Gasteiger partial charge < -0.3 is 4.74 Å². The SMILES string of the molecule is CC(=O)C1=COC1. The van der Waals surface area contributed by atoms with E-state index in [1.807, 2.05) is 0 Å². The van der Waals surface area contributed by atoms with Gasteiger partial charge in [-0.15, -0.1) is 0 Å². The molecule has 0 N–H and O–H groups in total. The van der Waals surface area contributed by atoms with Crippen molar-refractivity contribution in [2.24, 2.45) is 0 Å². The summed E-state index contributed by atoms with van der Waals surface area (Å²) in [6, 6.07) is 0. The molecule has 0 fully saturated rings. The van der Waals surface area contributed by atoms with E-state index >= 15 is 0 Å². The highest BCUT2D eigenvalue weighted by Gasteiger charge is 2.10. The lowest BCUT2D eigenvalue weighted by Crippen LogP contribution is -2.11. The van der Waals surface area contributed by atoms with E-state index in [-0.39, 0.29) is 5.78 Å². The van der Waals surface area contributed by atoms with Gasteiger partial charge in [-0.1, -0.05) is 0 Å². The molecule has 0 aromatic rings. The average molecular weight is 98.1 g/mol. The Kier molecular flexibility index (Phi) is 0.855. The van der Waals surface area contributed by atoms with Crippen LogP contribution in [0.15, 0.2) is 11.8 Å². The molecule has 0 spiro atoms. The Bertz CT molecular complexity index is 124. The van der Waals surface area contributed by atoms with Crippen LogP contribution in [0.5, 0.6) is 0 Å². The van der Waals surface area contributed by atoms with Crippen LogP contribution in [0, 0.1) is 0 Å². The molecule has 1 rings (SSSR count). The monoisotopic (exact) mass is 98.0 g/mol. The molecule has 0 saturated carbocycles. The normalized spacial score (nSPS) is 16.4. The quantitative estimate of drug-likeness (QED) is 0.477. The summed E-state index contributed by atoms with van der Waals surface area (Å²) >= 11 is 0. The standard InChI is InChI=1S/C5H6O2/c1-4(6)5-2-7-3-5/h2H,3H2,1H3. The van der Waals surface area contributed by atoms with Crippen LogP contribution >= 0.6 is 0 Å². The molecule has 1 heterocycles. The second kappa shape index (κ2) is 1.37. The van der Waals surface area contributed by atoms with Gasteiger partial charge in [-0.25, -0.2) is 0 Å². The first kappa shape index (κ1) is 4.37. The highest BCUT2D eigenvalue weighted by molar-refractivity contribution is 5.94. The number of hydrogen-bond acceptors (Lipinski definition) is 2. The molecule has 0 aromatic heterocycles. The summed E-state index contributed by atoms with van der Waals surface area (Å²) < 4.78 is 4.61. The summed E-state index contributed by atoms with van der Waals surface area (Å²) in [6.45, 7) is 2.05. The van der Waals surface area contributed by atoms with Gasteiger partial charge in [0.25, 0.3) is 0 Å². The maximum atomic E-state index is 10.3. The van der Waals surface area contributed by atoms with E-state index in [0.29, 0.717) is 6.61 Å². The predicted octanol–water partition coefficient (Wildman–Crippen LogP) is 0.489. The molecular formula is C5H6O2. The lowest BCUT2D eigenvalue weighted by atomic mass is 10.2. The summed E-state index contributed by atoms with van der Waals surface area (Å²) in [4.78, 5) is 10.3. The minimum atomic E-state index is 0.117. The van der Waals surface area contributed by atoms with Gasteiger partial charge in [-0.3, -0.25) is 4.79 Å². The average Bonchev–Trinajstić information content (AvgIpc) is 1.23. The third kappa shape index (κ3) is 0.633. The molecule has 1 aliphatic heterocycles. The highest BCUT2D eigenvalue weighted by Crippen LogP contribution is 2.06. The molecule has 7 heavy (non-hydrogen) atoms. The topological polar surface area (TPSA) is 26.3 Å². The van der Waals surface area contributed by atoms with Gasteiger partial charge in [-0.2, -0.15) is 0 Å². The van der Waals surface area contributed by atoms with Crippen molar-refractivity contribution in [2.45, 2.75) is 6.92 Å². The van der Waals surface area contributed by atoms with Crippen molar-refractivity contribution in [3.8, 4) is 0 Å². The van der Waals surface area contributed by atoms with Crippen LogP contribution < -0.4 is 0 Å². The molecule has 0 unspecified atom stereocenters. The Labute approximate surface area is 41.8 Å². The van der Waals surface area contributed by atoms with Gasteiger partial charge in [0.1, 0.15) is 6.61 Å². The number of ketones is 1. The van der Waals surface area contributed by atoms with Gasteiger partial charge in [0.2, 0.25) is 0 Å². The summed E-state index contributed by atoms with van der Waals surface area (Å²) in [5.41, 5.74) is 0.792. The van der Waals surface area contributed by atoms with E-state index < -0.39 is 0 Å². The Morgan fingerprint density at radius 1 is 2.00 bits per heavy atom. The molecule has 2 heteroatoms. The third-order valence-corrected chi connectivity index (χ3v) is 0.917. The number of rotatable bonds is 1. The first-order valence-corrected chi connectivity index (χ1v) is 2.12. The fraction of sp³-hybridized carbons (Fsp3) is 0.400. The van der Waals surface area contributed by atoms with Gasteiger partial charge in [-0.05, 0) is 6.92 Å². The van der Waals surface area contributed by atoms with Crippen LogP contribution in [0.4, 0.5) is 0 Å². The van der Waals surface area contributed by atoms with Crippen LogP contribution in [0.3, 0.4) is 0 Å². The molecule has 0 atom stereocenters. The molecule has 0 saturated heterocycles. The largest absolute Gasteiger partial charge is 0.496 e. The second-order valence-electron chi connectivity index (χ2n) is 1.51. The smallest absolute Gasteiger partial charge is 0.162 e. The first-order chi connectivity index (χ1) is 3.30. The molecule has 0 amide bonds. The van der Waals surface area contributed by atoms with E-state index in [1.165, 1.54) is 13.2 Å². The first-order valence-electron chi connectivity index (χ1n) is 2.12. The molecule has 0 aliphatic carbocycles. The minimum Gasteiger partial charge on any atom is -0.496 e. The van der Waals surface area contributed by atoms with Crippen LogP contribution in [-0.2, 0) is 9.53 Å². The fourth-order valence-electron chi connectivity index (χ4n) is 0.351. The van der Waals surface area contributed by atoms with Crippen molar-refractivity contribution in [3.05, 3.63) is 11.8 Å². The van der Waals surface area contributed by atoms with E-state index in [1.54, 1.807) is 0 Å². The fourth-order valence-corrected chi connectivity index (χ4v) is 0.351. The van der Waals surface area contributed by atoms with Crippen molar-refractivity contribution in [2.75, 3.05) is 6.61 Å². The minimum absolute atomic E-state index is 0.117. The van der Waals surface area contributed by atoms with Crippen LogP contribution in [-0.4, -0.2) is 12.4 Å². The van der Waals surface area contributed by atoms with Crippen molar-refractivity contribution < 1.29 is 9.53 Å². The maximum Gasteiger partial charge on any atom is 0.162 e. The Morgan fingerprint density at radius 2 is 2.57 bits per heavy atom. The Balaban J connectivity index is 2.57. The predicted molar refractivity (Wildman–Crippen MR) is 24.7 cm³/mol. The summed E-state index contributed by atoms with van der Waals surface area (Å²) in [6.07, 6.45) is 1.49. The summed E-state index contributed by atoms with van der Waals surface area (Å²) in [7, 11) is 0. The van der Waals surface area contributed by atoms with Gasteiger partial charge >= 0.3 is 0 Å². The maximum absolute atomic E-state index is 10.3. The zero-order chi connectivity index (χ0) is 5.28. The zero-order valence-corrected chi connectivity index (χ0v) is 4.10. The van der Waals surface area contributed by atoms with Gasteiger partial charge in [0, 0.05) is 0 Å². The lowest BCUT2D eigenvalue weighted by molar-refractivity contribution is -0.114. The lowest BCUT2D eigenvalue weighted by Gasteiger charge is -2.11. The Hall–Kier alpha value is -0.790. The zero-order valence-electron chi connectivity index (χ0n) is 4.10. The van der Waals surface area contributed by atoms with E-state index in [9.17, 15) is 4.79 Å². The number of hydrogen-bond donors (Lipinski definition) is 0. The highest BCUT2D eigenvalue weighted by atomic mass is 16.5. The molecule has 0 bridgehead atoms. The number of carbonyl (C=O) groups excluding carboxylic acids is 1. The van der Waals surface area contributed by atoms with E-state index in [2.05, 4.69) is 4.74 Å². The van der Waals surface area contributed by atoms with Crippen molar-refractivity contribution in [1.82, 2.24) is 0 Å². The molecule has 1 aliphatic rings. The number of carbonyl (C=O) groups is 1. The van der Waals surface area contributed by atoms with Crippen molar-refractivity contribution in [1.29, 1.82) is 0 Å². The van der Waals surface area contributed by atoms with Crippen LogP contribution in [0.1, 0.15) is 6.92 Å². The molecule has 2 nitrogen and oxygen atoms in total. The van der Waals surface area contributed by atoms with E-state index in [4.69, 9.17) is 0 Å². The molecule has 0 radical (unpaired) electrons. The number of ether oxygens (including phenoxy) is 1. The Morgan fingerprint density at radius 3 is 2.57 bits per heavy atom. The van der Waals surface area contributed by atoms with Crippen LogP contribution in [0.25, 0.3) is 0 Å². The van der Waals surface area contributed by atoms with E-state index in [0.717, 1.165) is 5.57 Å². The molecule has 0 aromatic carbocycles.